The van der Waals surface area contributed by atoms with Gasteiger partial charge < -0.3 is 4.74 Å². The molecular weight excluding hydrogens is 217 g/mol. The van der Waals surface area contributed by atoms with E-state index in [9.17, 15) is 13.2 Å². The van der Waals surface area contributed by atoms with Gasteiger partial charge in [-0.15, -0.1) is 0 Å². The molecule has 0 spiro atoms. The van der Waals surface area contributed by atoms with Crippen molar-refractivity contribution < 1.29 is 17.9 Å². The van der Waals surface area contributed by atoms with Gasteiger partial charge in [0.15, 0.2) is 11.6 Å². The average Bonchev–Trinajstić information content (AvgIpc) is 2.27. The molecule has 0 aliphatic heterocycles. The molecule has 0 radical (unpaired) electrons. The first-order chi connectivity index (χ1) is 7.65. The van der Waals surface area contributed by atoms with E-state index in [0.29, 0.717) is 5.75 Å². The van der Waals surface area contributed by atoms with Crippen LogP contribution in [-0.4, -0.2) is 0 Å². The zero-order chi connectivity index (χ0) is 11.5. The van der Waals surface area contributed by atoms with E-state index < -0.39 is 17.5 Å². The number of hydrogen-bond donors (Lipinski definition) is 0. The van der Waals surface area contributed by atoms with Crippen LogP contribution in [0, 0.1) is 17.5 Å². The minimum Gasteiger partial charge on any atom is -0.457 e. The molecule has 0 fully saturated rings. The molecule has 82 valence electrons. The summed E-state index contributed by atoms with van der Waals surface area (Å²) in [6.07, 6.45) is 0. The third kappa shape index (κ3) is 2.34. The van der Waals surface area contributed by atoms with Crippen LogP contribution in [0.25, 0.3) is 0 Å². The van der Waals surface area contributed by atoms with E-state index in [1.165, 1.54) is 30.3 Å². The lowest BCUT2D eigenvalue weighted by Crippen LogP contribution is -1.88. The van der Waals surface area contributed by atoms with E-state index in [2.05, 4.69) is 0 Å². The second-order valence-corrected chi connectivity index (χ2v) is 3.13. The molecule has 1 nitrogen and oxygen atoms in total. The van der Waals surface area contributed by atoms with Gasteiger partial charge in [0.1, 0.15) is 17.3 Å². The van der Waals surface area contributed by atoms with E-state index in [-0.39, 0.29) is 5.75 Å². The van der Waals surface area contributed by atoms with Crippen LogP contribution in [0.4, 0.5) is 13.2 Å². The van der Waals surface area contributed by atoms with Crippen molar-refractivity contribution in [2.45, 2.75) is 0 Å². The highest BCUT2D eigenvalue weighted by molar-refractivity contribution is 5.31. The second-order valence-electron chi connectivity index (χ2n) is 3.13. The van der Waals surface area contributed by atoms with Gasteiger partial charge in [0.05, 0.1) is 0 Å². The molecule has 4 heteroatoms. The first-order valence-corrected chi connectivity index (χ1v) is 4.53. The summed E-state index contributed by atoms with van der Waals surface area (Å²) < 4.78 is 43.2. The van der Waals surface area contributed by atoms with Crippen molar-refractivity contribution in [2.75, 3.05) is 0 Å². The quantitative estimate of drug-likeness (QED) is 0.751. The summed E-state index contributed by atoms with van der Waals surface area (Å²) in [7, 11) is 0. The average molecular weight is 224 g/mol. The summed E-state index contributed by atoms with van der Waals surface area (Å²) in [5, 5.41) is 0. The SMILES string of the molecule is Fc1ccc(Oc2ccc(F)c(F)c2)cc1. The maximum absolute atomic E-state index is 12.8. The number of rotatable bonds is 2. The van der Waals surface area contributed by atoms with E-state index in [1.54, 1.807) is 0 Å². The predicted molar refractivity (Wildman–Crippen MR) is 52.8 cm³/mol. The summed E-state index contributed by atoms with van der Waals surface area (Å²) in [4.78, 5) is 0. The Morgan fingerprint density at radius 2 is 1.31 bits per heavy atom. The molecule has 0 saturated heterocycles. The highest BCUT2D eigenvalue weighted by atomic mass is 19.2. The third-order valence-corrected chi connectivity index (χ3v) is 1.94. The van der Waals surface area contributed by atoms with Crippen LogP contribution in [-0.2, 0) is 0 Å². The molecule has 0 atom stereocenters. The van der Waals surface area contributed by atoms with Gasteiger partial charge in [0, 0.05) is 6.07 Å². The molecule has 0 saturated carbocycles. The summed E-state index contributed by atoms with van der Waals surface area (Å²) in [5.74, 6) is -1.80. The highest BCUT2D eigenvalue weighted by Gasteiger charge is 2.04. The van der Waals surface area contributed by atoms with Crippen molar-refractivity contribution in [3.63, 3.8) is 0 Å². The van der Waals surface area contributed by atoms with Crippen LogP contribution in [0.15, 0.2) is 42.5 Å². The molecule has 2 aromatic carbocycles. The summed E-state index contributed by atoms with van der Waals surface area (Å²) >= 11 is 0. The maximum atomic E-state index is 12.8. The lowest BCUT2D eigenvalue weighted by molar-refractivity contribution is 0.460. The molecular formula is C12H7F3O. The van der Waals surface area contributed by atoms with Gasteiger partial charge in [-0.3, -0.25) is 0 Å². The fraction of sp³-hybridized carbons (Fsp3) is 0. The van der Waals surface area contributed by atoms with E-state index in [1.807, 2.05) is 0 Å². The predicted octanol–water partition coefficient (Wildman–Crippen LogP) is 3.90. The van der Waals surface area contributed by atoms with Gasteiger partial charge in [-0.2, -0.15) is 0 Å². The topological polar surface area (TPSA) is 9.23 Å². The maximum Gasteiger partial charge on any atom is 0.162 e. The first-order valence-electron chi connectivity index (χ1n) is 4.53. The normalized spacial score (nSPS) is 10.2. The zero-order valence-corrected chi connectivity index (χ0v) is 8.08. The molecule has 0 heterocycles. The van der Waals surface area contributed by atoms with Crippen LogP contribution in [0.5, 0.6) is 11.5 Å². The van der Waals surface area contributed by atoms with E-state index >= 15 is 0 Å². The van der Waals surface area contributed by atoms with Crippen LogP contribution in [0.2, 0.25) is 0 Å². The smallest absolute Gasteiger partial charge is 0.162 e. The number of ether oxygens (including phenoxy) is 1. The summed E-state index contributed by atoms with van der Waals surface area (Å²) in [5.41, 5.74) is 0. The Morgan fingerprint density at radius 3 is 1.94 bits per heavy atom. The molecule has 0 bridgehead atoms. The Balaban J connectivity index is 2.20. The minimum atomic E-state index is -0.986. The van der Waals surface area contributed by atoms with Crippen LogP contribution in [0.3, 0.4) is 0 Å². The van der Waals surface area contributed by atoms with E-state index in [4.69, 9.17) is 4.74 Å². The molecule has 2 rings (SSSR count). The molecule has 2 aromatic rings. The van der Waals surface area contributed by atoms with Crippen molar-refractivity contribution in [3.05, 3.63) is 59.9 Å². The number of hydrogen-bond acceptors (Lipinski definition) is 1. The molecule has 0 aliphatic carbocycles. The lowest BCUT2D eigenvalue weighted by Gasteiger charge is -2.05. The standard InChI is InChI=1S/C12H7F3O/c13-8-1-3-9(4-2-8)16-10-5-6-11(14)12(15)7-10/h1-7H. The highest BCUT2D eigenvalue weighted by Crippen LogP contribution is 2.23. The monoisotopic (exact) mass is 224 g/mol. The van der Waals surface area contributed by atoms with Crippen LogP contribution < -0.4 is 4.74 Å². The number of halogens is 3. The fourth-order valence-electron chi connectivity index (χ4n) is 1.18. The minimum absolute atomic E-state index is 0.158. The Labute approximate surface area is 90.1 Å². The molecule has 16 heavy (non-hydrogen) atoms. The fourth-order valence-corrected chi connectivity index (χ4v) is 1.18. The molecule has 0 aromatic heterocycles. The van der Waals surface area contributed by atoms with E-state index in [0.717, 1.165) is 12.1 Å². The molecule has 0 unspecified atom stereocenters. The Bertz CT molecular complexity index is 494. The van der Waals surface area contributed by atoms with Crippen molar-refractivity contribution in [3.8, 4) is 11.5 Å². The van der Waals surface area contributed by atoms with Crippen molar-refractivity contribution in [1.29, 1.82) is 0 Å². The van der Waals surface area contributed by atoms with Gasteiger partial charge >= 0.3 is 0 Å². The van der Waals surface area contributed by atoms with Crippen LogP contribution >= 0.6 is 0 Å². The summed E-state index contributed by atoms with van der Waals surface area (Å²) in [6.45, 7) is 0. The second kappa shape index (κ2) is 4.26. The zero-order valence-electron chi connectivity index (χ0n) is 8.08. The Kier molecular flexibility index (Phi) is 2.81. The summed E-state index contributed by atoms with van der Waals surface area (Å²) in [6, 6.07) is 8.42. The first kappa shape index (κ1) is 10.5. The molecule has 0 N–H and O–H groups in total. The van der Waals surface area contributed by atoms with Crippen molar-refractivity contribution >= 4 is 0 Å². The largest absolute Gasteiger partial charge is 0.457 e. The van der Waals surface area contributed by atoms with Gasteiger partial charge in [0.2, 0.25) is 0 Å². The Hall–Kier alpha value is -1.97. The van der Waals surface area contributed by atoms with Gasteiger partial charge in [-0.25, -0.2) is 13.2 Å². The van der Waals surface area contributed by atoms with Gasteiger partial charge in [0.25, 0.3) is 0 Å². The van der Waals surface area contributed by atoms with Gasteiger partial charge in [-0.05, 0) is 36.4 Å². The van der Waals surface area contributed by atoms with Crippen molar-refractivity contribution in [2.24, 2.45) is 0 Å². The third-order valence-electron chi connectivity index (χ3n) is 1.94. The van der Waals surface area contributed by atoms with Gasteiger partial charge in [-0.1, -0.05) is 0 Å². The molecule has 0 amide bonds. The van der Waals surface area contributed by atoms with Crippen molar-refractivity contribution in [1.82, 2.24) is 0 Å². The molecule has 0 aliphatic rings. The lowest BCUT2D eigenvalue weighted by atomic mass is 10.3. The van der Waals surface area contributed by atoms with Crippen LogP contribution in [0.1, 0.15) is 0 Å². The Morgan fingerprint density at radius 1 is 0.688 bits per heavy atom. The number of benzene rings is 2.